The summed E-state index contributed by atoms with van der Waals surface area (Å²) in [5.74, 6) is 2.22. The molecule has 1 fully saturated rings. The van der Waals surface area contributed by atoms with Crippen LogP contribution < -0.4 is 16.0 Å². The SMILES string of the molecule is CC1CCN(c2ncnc(Nc3ccc(Cl)cc3)c2N)CC1. The van der Waals surface area contributed by atoms with Gasteiger partial charge in [0.2, 0.25) is 0 Å². The summed E-state index contributed by atoms with van der Waals surface area (Å²) in [6, 6.07) is 7.45. The molecule has 3 rings (SSSR count). The van der Waals surface area contributed by atoms with E-state index >= 15 is 0 Å². The van der Waals surface area contributed by atoms with Crippen molar-refractivity contribution in [2.45, 2.75) is 19.8 Å². The van der Waals surface area contributed by atoms with E-state index in [2.05, 4.69) is 27.1 Å². The molecule has 22 heavy (non-hydrogen) atoms. The Morgan fingerprint density at radius 2 is 1.86 bits per heavy atom. The number of nitrogens with zero attached hydrogens (tertiary/aromatic N) is 3. The van der Waals surface area contributed by atoms with Crippen molar-refractivity contribution in [2.24, 2.45) is 5.92 Å². The fraction of sp³-hybridized carbons (Fsp3) is 0.375. The van der Waals surface area contributed by atoms with Crippen LogP contribution in [0.2, 0.25) is 5.02 Å². The van der Waals surface area contributed by atoms with Crippen molar-refractivity contribution in [2.75, 3.05) is 29.0 Å². The highest BCUT2D eigenvalue weighted by molar-refractivity contribution is 6.30. The summed E-state index contributed by atoms with van der Waals surface area (Å²) in [6.07, 6.45) is 3.90. The lowest BCUT2D eigenvalue weighted by Crippen LogP contribution is -2.34. The first-order valence-electron chi connectivity index (χ1n) is 7.51. The number of nitrogen functional groups attached to an aromatic ring is 1. The van der Waals surface area contributed by atoms with E-state index in [9.17, 15) is 0 Å². The van der Waals surface area contributed by atoms with E-state index in [4.69, 9.17) is 17.3 Å². The second-order valence-electron chi connectivity index (χ2n) is 5.76. The molecule has 0 unspecified atom stereocenters. The second kappa shape index (κ2) is 6.40. The van der Waals surface area contributed by atoms with Gasteiger partial charge in [0.05, 0.1) is 0 Å². The summed E-state index contributed by atoms with van der Waals surface area (Å²) in [5, 5.41) is 3.92. The molecule has 1 aliphatic rings. The van der Waals surface area contributed by atoms with Gasteiger partial charge in [-0.05, 0) is 43.0 Å². The highest BCUT2D eigenvalue weighted by Gasteiger charge is 2.20. The molecule has 2 aromatic rings. The molecule has 1 aliphatic heterocycles. The van der Waals surface area contributed by atoms with E-state index < -0.39 is 0 Å². The number of piperidine rings is 1. The van der Waals surface area contributed by atoms with E-state index in [0.29, 0.717) is 16.5 Å². The smallest absolute Gasteiger partial charge is 0.159 e. The van der Waals surface area contributed by atoms with Crippen LogP contribution in [0.15, 0.2) is 30.6 Å². The Morgan fingerprint density at radius 3 is 2.55 bits per heavy atom. The predicted molar refractivity (Wildman–Crippen MR) is 91.8 cm³/mol. The normalized spacial score (nSPS) is 15.8. The molecule has 0 atom stereocenters. The Kier molecular flexibility index (Phi) is 4.34. The van der Waals surface area contributed by atoms with Crippen molar-refractivity contribution in [3.8, 4) is 0 Å². The van der Waals surface area contributed by atoms with Crippen molar-refractivity contribution in [1.82, 2.24) is 9.97 Å². The number of halogens is 1. The standard InChI is InChI=1S/C16H20ClN5/c1-11-6-8-22(9-7-11)16-14(18)15(19-10-20-16)21-13-4-2-12(17)3-5-13/h2-5,10-11H,6-9,18H2,1H3,(H,19,20,21). The lowest BCUT2D eigenvalue weighted by Gasteiger charge is -2.32. The van der Waals surface area contributed by atoms with Gasteiger partial charge in [-0.1, -0.05) is 18.5 Å². The summed E-state index contributed by atoms with van der Waals surface area (Å²) in [4.78, 5) is 10.9. The minimum Gasteiger partial charge on any atom is -0.393 e. The van der Waals surface area contributed by atoms with Crippen LogP contribution in [0.4, 0.5) is 23.0 Å². The van der Waals surface area contributed by atoms with Gasteiger partial charge >= 0.3 is 0 Å². The van der Waals surface area contributed by atoms with Crippen LogP contribution in [0.5, 0.6) is 0 Å². The number of anilines is 4. The molecule has 0 radical (unpaired) electrons. The third kappa shape index (κ3) is 3.25. The van der Waals surface area contributed by atoms with E-state index in [1.165, 1.54) is 12.8 Å². The summed E-state index contributed by atoms with van der Waals surface area (Å²) < 4.78 is 0. The van der Waals surface area contributed by atoms with Gasteiger partial charge in [-0.2, -0.15) is 0 Å². The summed E-state index contributed by atoms with van der Waals surface area (Å²) >= 11 is 5.90. The van der Waals surface area contributed by atoms with E-state index in [-0.39, 0.29) is 0 Å². The van der Waals surface area contributed by atoms with Crippen LogP contribution in [0.3, 0.4) is 0 Å². The maximum absolute atomic E-state index is 6.27. The number of benzene rings is 1. The zero-order valence-electron chi connectivity index (χ0n) is 12.6. The minimum absolute atomic E-state index is 0.590. The predicted octanol–water partition coefficient (Wildman–Crippen LogP) is 3.69. The van der Waals surface area contributed by atoms with Gasteiger partial charge in [0, 0.05) is 23.8 Å². The number of nitrogens with one attached hydrogen (secondary N) is 1. The van der Waals surface area contributed by atoms with Gasteiger partial charge in [-0.3, -0.25) is 0 Å². The van der Waals surface area contributed by atoms with Gasteiger partial charge in [-0.25, -0.2) is 9.97 Å². The Balaban J connectivity index is 1.81. The van der Waals surface area contributed by atoms with E-state index in [0.717, 1.165) is 30.5 Å². The molecule has 0 aliphatic carbocycles. The number of hydrogen-bond donors (Lipinski definition) is 2. The first-order valence-corrected chi connectivity index (χ1v) is 7.89. The Hall–Kier alpha value is -2.01. The third-order valence-corrected chi connectivity index (χ3v) is 4.30. The zero-order chi connectivity index (χ0) is 15.5. The van der Waals surface area contributed by atoms with Gasteiger partial charge in [0.15, 0.2) is 11.6 Å². The van der Waals surface area contributed by atoms with Crippen LogP contribution in [-0.4, -0.2) is 23.1 Å². The van der Waals surface area contributed by atoms with Crippen LogP contribution >= 0.6 is 11.6 Å². The molecule has 1 saturated heterocycles. The maximum atomic E-state index is 6.27. The van der Waals surface area contributed by atoms with Crippen LogP contribution in [-0.2, 0) is 0 Å². The fourth-order valence-electron chi connectivity index (χ4n) is 2.63. The number of aromatic nitrogens is 2. The molecule has 0 amide bonds. The first-order chi connectivity index (χ1) is 10.6. The second-order valence-corrected chi connectivity index (χ2v) is 6.20. The number of rotatable bonds is 3. The first kappa shape index (κ1) is 14.9. The Morgan fingerprint density at radius 1 is 1.18 bits per heavy atom. The molecule has 6 heteroatoms. The molecule has 1 aromatic carbocycles. The average molecular weight is 318 g/mol. The van der Waals surface area contributed by atoms with Gasteiger partial charge in [0.1, 0.15) is 12.0 Å². The molecule has 116 valence electrons. The largest absolute Gasteiger partial charge is 0.393 e. The minimum atomic E-state index is 0.590. The quantitative estimate of drug-likeness (QED) is 0.903. The number of hydrogen-bond acceptors (Lipinski definition) is 5. The molecule has 5 nitrogen and oxygen atoms in total. The molecule has 0 saturated carbocycles. The lowest BCUT2D eigenvalue weighted by molar-refractivity contribution is 0.437. The van der Waals surface area contributed by atoms with Crippen molar-refractivity contribution in [3.63, 3.8) is 0 Å². The third-order valence-electron chi connectivity index (χ3n) is 4.05. The van der Waals surface area contributed by atoms with Crippen LogP contribution in [0, 0.1) is 5.92 Å². The summed E-state index contributed by atoms with van der Waals surface area (Å²) in [5.41, 5.74) is 7.76. The van der Waals surface area contributed by atoms with Crippen molar-refractivity contribution < 1.29 is 0 Å². The van der Waals surface area contributed by atoms with Crippen molar-refractivity contribution in [3.05, 3.63) is 35.6 Å². The fourth-order valence-corrected chi connectivity index (χ4v) is 2.75. The van der Waals surface area contributed by atoms with E-state index in [1.807, 2.05) is 24.3 Å². The van der Waals surface area contributed by atoms with Crippen molar-refractivity contribution >= 4 is 34.6 Å². The average Bonchev–Trinajstić information content (AvgIpc) is 2.53. The van der Waals surface area contributed by atoms with Gasteiger partial charge in [-0.15, -0.1) is 0 Å². The van der Waals surface area contributed by atoms with Crippen LogP contribution in [0.1, 0.15) is 19.8 Å². The summed E-state index contributed by atoms with van der Waals surface area (Å²) in [7, 11) is 0. The van der Waals surface area contributed by atoms with Gasteiger partial charge < -0.3 is 16.0 Å². The Bertz CT molecular complexity index is 635. The molecular weight excluding hydrogens is 298 g/mol. The molecule has 3 N–H and O–H groups in total. The molecule has 1 aromatic heterocycles. The molecule has 0 bridgehead atoms. The maximum Gasteiger partial charge on any atom is 0.159 e. The highest BCUT2D eigenvalue weighted by atomic mass is 35.5. The molecule has 2 heterocycles. The highest BCUT2D eigenvalue weighted by Crippen LogP contribution is 2.31. The van der Waals surface area contributed by atoms with Crippen LogP contribution in [0.25, 0.3) is 0 Å². The number of nitrogens with two attached hydrogens (primary N) is 1. The Labute approximate surface area is 135 Å². The monoisotopic (exact) mass is 317 g/mol. The topological polar surface area (TPSA) is 67.1 Å². The summed E-state index contributed by atoms with van der Waals surface area (Å²) in [6.45, 7) is 4.26. The van der Waals surface area contributed by atoms with Gasteiger partial charge in [0.25, 0.3) is 0 Å². The lowest BCUT2D eigenvalue weighted by atomic mass is 9.99. The van der Waals surface area contributed by atoms with Crippen molar-refractivity contribution in [1.29, 1.82) is 0 Å². The molecule has 0 spiro atoms. The molecular formula is C16H20ClN5. The zero-order valence-corrected chi connectivity index (χ0v) is 13.3. The van der Waals surface area contributed by atoms with E-state index in [1.54, 1.807) is 6.33 Å².